The minimum atomic E-state index is 0.441. The lowest BCUT2D eigenvalue weighted by Gasteiger charge is -1.95. The lowest BCUT2D eigenvalue weighted by molar-refractivity contribution is 0.112. The first-order valence-corrected chi connectivity index (χ1v) is 4.54. The highest BCUT2D eigenvalue weighted by atomic mass is 35.5. The van der Waals surface area contributed by atoms with Gasteiger partial charge in [-0.1, -0.05) is 23.4 Å². The summed E-state index contributed by atoms with van der Waals surface area (Å²) in [7, 11) is 1.83. The summed E-state index contributed by atoms with van der Waals surface area (Å²) in [6, 6.07) is 5.13. The van der Waals surface area contributed by atoms with E-state index < -0.39 is 0 Å². The van der Waals surface area contributed by atoms with E-state index in [0.717, 1.165) is 11.8 Å². The quantitative estimate of drug-likeness (QED) is 0.591. The van der Waals surface area contributed by atoms with Crippen molar-refractivity contribution in [3.63, 3.8) is 0 Å². The van der Waals surface area contributed by atoms with Gasteiger partial charge in [0, 0.05) is 11.1 Å². The van der Waals surface area contributed by atoms with Crippen LogP contribution in [0.2, 0.25) is 5.02 Å². The van der Waals surface area contributed by atoms with Crippen molar-refractivity contribution in [1.29, 1.82) is 0 Å². The van der Waals surface area contributed by atoms with Gasteiger partial charge in [-0.15, -0.1) is 0 Å². The van der Waals surface area contributed by atoms with E-state index in [4.69, 9.17) is 11.6 Å². The normalized spacial score (nSPS) is 9.00. The molecule has 0 bridgehead atoms. The Morgan fingerprint density at radius 2 is 2.36 bits per heavy atom. The fourth-order valence-corrected chi connectivity index (χ4v) is 1.16. The molecule has 0 atom stereocenters. The van der Waals surface area contributed by atoms with Crippen LogP contribution < -0.4 is 5.32 Å². The smallest absolute Gasteiger partial charge is 0.151 e. The van der Waals surface area contributed by atoms with Crippen molar-refractivity contribution < 1.29 is 4.79 Å². The van der Waals surface area contributed by atoms with Crippen LogP contribution in [0.15, 0.2) is 18.2 Å². The number of carbonyl (C=O) groups is 1. The average Bonchev–Trinajstić information content (AvgIpc) is 2.18. The third-order valence-corrected chi connectivity index (χ3v) is 1.95. The number of benzene rings is 1. The van der Waals surface area contributed by atoms with Crippen molar-refractivity contribution in [3.05, 3.63) is 34.3 Å². The van der Waals surface area contributed by atoms with E-state index in [1.165, 1.54) is 0 Å². The second-order valence-electron chi connectivity index (χ2n) is 2.69. The van der Waals surface area contributed by atoms with Gasteiger partial charge in [-0.2, -0.15) is 0 Å². The third-order valence-electron chi connectivity index (χ3n) is 1.63. The van der Waals surface area contributed by atoms with Crippen LogP contribution in [0, 0.1) is 11.8 Å². The Morgan fingerprint density at radius 1 is 1.57 bits per heavy atom. The van der Waals surface area contributed by atoms with Crippen molar-refractivity contribution in [3.8, 4) is 11.8 Å². The van der Waals surface area contributed by atoms with E-state index in [0.29, 0.717) is 17.1 Å². The number of nitrogens with one attached hydrogen (secondary N) is 1. The predicted molar refractivity (Wildman–Crippen MR) is 57.6 cm³/mol. The Labute approximate surface area is 88.3 Å². The van der Waals surface area contributed by atoms with Gasteiger partial charge in [0.2, 0.25) is 0 Å². The van der Waals surface area contributed by atoms with Gasteiger partial charge in [0.1, 0.15) is 0 Å². The molecule has 1 aromatic carbocycles. The third kappa shape index (κ3) is 2.88. The summed E-state index contributed by atoms with van der Waals surface area (Å²) in [4.78, 5) is 10.5. The molecular formula is C11H10ClNO. The van der Waals surface area contributed by atoms with Gasteiger partial charge in [0.25, 0.3) is 0 Å². The molecule has 1 rings (SSSR count). The van der Waals surface area contributed by atoms with Gasteiger partial charge in [-0.3, -0.25) is 4.79 Å². The number of aldehydes is 1. The van der Waals surface area contributed by atoms with Crippen molar-refractivity contribution in [2.45, 2.75) is 0 Å². The number of halogens is 1. The monoisotopic (exact) mass is 207 g/mol. The lowest BCUT2D eigenvalue weighted by Crippen LogP contribution is -2.04. The Morgan fingerprint density at radius 3 is 2.93 bits per heavy atom. The molecule has 14 heavy (non-hydrogen) atoms. The highest BCUT2D eigenvalue weighted by Gasteiger charge is 1.98. The van der Waals surface area contributed by atoms with Gasteiger partial charge in [-0.25, -0.2) is 0 Å². The largest absolute Gasteiger partial charge is 0.309 e. The molecule has 0 aromatic heterocycles. The van der Waals surface area contributed by atoms with E-state index >= 15 is 0 Å². The standard InChI is InChI=1S/C11H10ClNO/c1-13-6-2-3-9-4-5-10(8-14)11(12)7-9/h4-5,7-8,13H,6H2,1H3. The van der Waals surface area contributed by atoms with Crippen molar-refractivity contribution in [2.24, 2.45) is 0 Å². The molecule has 0 radical (unpaired) electrons. The number of hydrogen-bond donors (Lipinski definition) is 1. The van der Waals surface area contributed by atoms with Crippen molar-refractivity contribution >= 4 is 17.9 Å². The summed E-state index contributed by atoms with van der Waals surface area (Å²) in [6.45, 7) is 0.632. The topological polar surface area (TPSA) is 29.1 Å². The van der Waals surface area contributed by atoms with Crippen LogP contribution in [-0.2, 0) is 0 Å². The predicted octanol–water partition coefficient (Wildman–Crippen LogP) is 1.72. The first kappa shape index (κ1) is 10.8. The molecule has 0 saturated carbocycles. The summed E-state index contributed by atoms with van der Waals surface area (Å²) in [5, 5.41) is 3.35. The summed E-state index contributed by atoms with van der Waals surface area (Å²) in [6.07, 6.45) is 0.729. The molecule has 0 unspecified atom stereocenters. The molecule has 0 heterocycles. The van der Waals surface area contributed by atoms with Crippen molar-refractivity contribution in [1.82, 2.24) is 5.32 Å². The van der Waals surface area contributed by atoms with Crippen LogP contribution in [0.5, 0.6) is 0 Å². The van der Waals surface area contributed by atoms with Crippen LogP contribution >= 0.6 is 11.6 Å². The van der Waals surface area contributed by atoms with Crippen molar-refractivity contribution in [2.75, 3.05) is 13.6 Å². The molecule has 0 aliphatic heterocycles. The molecule has 72 valence electrons. The molecule has 0 aliphatic rings. The van der Waals surface area contributed by atoms with E-state index in [2.05, 4.69) is 17.2 Å². The summed E-state index contributed by atoms with van der Waals surface area (Å²) in [5.41, 5.74) is 1.31. The van der Waals surface area contributed by atoms with Crippen LogP contribution in [0.1, 0.15) is 15.9 Å². The molecule has 1 N–H and O–H groups in total. The zero-order valence-electron chi connectivity index (χ0n) is 7.80. The molecule has 2 nitrogen and oxygen atoms in total. The van der Waals surface area contributed by atoms with Gasteiger partial charge in [-0.05, 0) is 25.2 Å². The SMILES string of the molecule is CNCC#Cc1ccc(C=O)c(Cl)c1. The molecular weight excluding hydrogens is 198 g/mol. The average molecular weight is 208 g/mol. The Bertz CT molecular complexity index is 390. The maximum absolute atomic E-state index is 10.5. The fourth-order valence-electron chi connectivity index (χ4n) is 0.935. The molecule has 0 amide bonds. The lowest BCUT2D eigenvalue weighted by atomic mass is 10.1. The molecule has 0 saturated heterocycles. The van der Waals surface area contributed by atoms with Crippen LogP contribution in [-0.4, -0.2) is 19.9 Å². The van der Waals surface area contributed by atoms with E-state index in [1.54, 1.807) is 18.2 Å². The zero-order valence-corrected chi connectivity index (χ0v) is 8.56. The molecule has 0 fully saturated rings. The first-order valence-electron chi connectivity index (χ1n) is 4.16. The van der Waals surface area contributed by atoms with Crippen LogP contribution in [0.3, 0.4) is 0 Å². The molecule has 0 spiro atoms. The molecule has 0 aliphatic carbocycles. The fraction of sp³-hybridized carbons (Fsp3) is 0.182. The summed E-state index contributed by atoms with van der Waals surface area (Å²) in [5.74, 6) is 5.83. The number of rotatable bonds is 2. The maximum Gasteiger partial charge on any atom is 0.151 e. The zero-order chi connectivity index (χ0) is 10.4. The molecule has 1 aromatic rings. The van der Waals surface area contributed by atoms with E-state index in [9.17, 15) is 4.79 Å². The van der Waals surface area contributed by atoms with Gasteiger partial charge >= 0.3 is 0 Å². The Kier molecular flexibility index (Phi) is 4.18. The first-order chi connectivity index (χ1) is 6.77. The van der Waals surface area contributed by atoms with Gasteiger partial charge in [0.15, 0.2) is 6.29 Å². The Hall–Kier alpha value is -1.30. The second-order valence-corrected chi connectivity index (χ2v) is 3.09. The summed E-state index contributed by atoms with van der Waals surface area (Å²) < 4.78 is 0. The Balaban J connectivity index is 2.88. The number of carbonyl (C=O) groups excluding carboxylic acids is 1. The van der Waals surface area contributed by atoms with E-state index in [1.807, 2.05) is 7.05 Å². The van der Waals surface area contributed by atoms with E-state index in [-0.39, 0.29) is 0 Å². The highest BCUT2D eigenvalue weighted by molar-refractivity contribution is 6.33. The second kappa shape index (κ2) is 5.43. The highest BCUT2D eigenvalue weighted by Crippen LogP contribution is 2.15. The number of hydrogen-bond acceptors (Lipinski definition) is 2. The van der Waals surface area contributed by atoms with Gasteiger partial charge < -0.3 is 5.32 Å². The summed E-state index contributed by atoms with van der Waals surface area (Å²) >= 11 is 5.83. The minimum absolute atomic E-state index is 0.441. The molecule has 3 heteroatoms. The van der Waals surface area contributed by atoms with Gasteiger partial charge in [0.05, 0.1) is 11.6 Å². The minimum Gasteiger partial charge on any atom is -0.309 e. The van der Waals surface area contributed by atoms with Crippen LogP contribution in [0.4, 0.5) is 0 Å². The van der Waals surface area contributed by atoms with Crippen LogP contribution in [0.25, 0.3) is 0 Å². The maximum atomic E-state index is 10.5.